The highest BCUT2D eigenvalue weighted by Crippen LogP contribution is 2.22. The summed E-state index contributed by atoms with van der Waals surface area (Å²) in [4.78, 5) is 32.4. The quantitative estimate of drug-likeness (QED) is 0.177. The number of hydrogen-bond acceptors (Lipinski definition) is 4. The minimum Gasteiger partial charge on any atom is -0.478 e. The van der Waals surface area contributed by atoms with Crippen LogP contribution in [0.15, 0.2) is 97.1 Å². The summed E-state index contributed by atoms with van der Waals surface area (Å²) in [7, 11) is 0. The van der Waals surface area contributed by atoms with E-state index in [1.54, 1.807) is 24.3 Å². The van der Waals surface area contributed by atoms with Gasteiger partial charge in [-0.05, 0) is 72.5 Å². The lowest BCUT2D eigenvalue weighted by Gasteiger charge is -2.11. The van der Waals surface area contributed by atoms with E-state index >= 15 is 0 Å². The molecule has 0 spiro atoms. The minimum absolute atomic E-state index is 0.276. The van der Waals surface area contributed by atoms with Gasteiger partial charge in [0, 0.05) is 25.9 Å². The molecule has 2 aromatic heterocycles. The number of aromatic carboxylic acids is 2. The van der Waals surface area contributed by atoms with Crippen molar-refractivity contribution in [3.63, 3.8) is 0 Å². The van der Waals surface area contributed by atoms with Crippen molar-refractivity contribution in [1.82, 2.24) is 19.1 Å². The Morgan fingerprint density at radius 1 is 0.548 bits per heavy atom. The lowest BCUT2D eigenvalue weighted by Crippen LogP contribution is -2.08. The summed E-state index contributed by atoms with van der Waals surface area (Å²) in [6.07, 6.45) is 3.47. The third-order valence-electron chi connectivity index (χ3n) is 7.60. The minimum atomic E-state index is -0.931. The maximum atomic E-state index is 11.3. The number of benzene rings is 4. The van der Waals surface area contributed by atoms with E-state index in [0.717, 1.165) is 70.5 Å². The number of hydrogen-bond donors (Lipinski definition) is 2. The van der Waals surface area contributed by atoms with Crippen LogP contribution in [0.25, 0.3) is 22.1 Å². The summed E-state index contributed by atoms with van der Waals surface area (Å²) in [5.41, 5.74) is 6.62. The van der Waals surface area contributed by atoms with Gasteiger partial charge in [0.2, 0.25) is 0 Å². The van der Waals surface area contributed by atoms with Gasteiger partial charge in [0.25, 0.3) is 0 Å². The average molecular weight is 559 g/mol. The molecule has 0 bridgehead atoms. The topological polar surface area (TPSA) is 110 Å². The van der Waals surface area contributed by atoms with Crippen LogP contribution in [-0.2, 0) is 25.9 Å². The molecule has 2 heterocycles. The molecule has 0 unspecified atom stereocenters. The zero-order chi connectivity index (χ0) is 29.1. The Labute approximate surface area is 242 Å². The molecule has 0 aliphatic carbocycles. The first-order valence-electron chi connectivity index (χ1n) is 14.0. The molecule has 0 saturated carbocycles. The Kier molecular flexibility index (Phi) is 7.51. The van der Waals surface area contributed by atoms with E-state index in [0.29, 0.717) is 13.1 Å². The molecular weight excluding hydrogens is 528 g/mol. The molecule has 0 fully saturated rings. The summed E-state index contributed by atoms with van der Waals surface area (Å²) in [5, 5.41) is 18.5. The van der Waals surface area contributed by atoms with Gasteiger partial charge in [0.1, 0.15) is 11.6 Å². The molecule has 2 N–H and O–H groups in total. The van der Waals surface area contributed by atoms with Crippen LogP contribution in [0.4, 0.5) is 0 Å². The summed E-state index contributed by atoms with van der Waals surface area (Å²) in [6, 6.07) is 30.2. The van der Waals surface area contributed by atoms with Crippen molar-refractivity contribution in [1.29, 1.82) is 0 Å². The molecule has 0 aliphatic heterocycles. The summed E-state index contributed by atoms with van der Waals surface area (Å²) < 4.78 is 4.45. The summed E-state index contributed by atoms with van der Waals surface area (Å²) in [6.45, 7) is 1.23. The third kappa shape index (κ3) is 5.65. The van der Waals surface area contributed by atoms with Crippen molar-refractivity contribution in [2.45, 2.75) is 38.8 Å². The third-order valence-corrected chi connectivity index (χ3v) is 7.60. The smallest absolute Gasteiger partial charge is 0.335 e. The largest absolute Gasteiger partial charge is 0.478 e. The average Bonchev–Trinajstić information content (AvgIpc) is 3.53. The van der Waals surface area contributed by atoms with E-state index in [4.69, 9.17) is 9.97 Å². The van der Waals surface area contributed by atoms with Gasteiger partial charge in [0.05, 0.1) is 33.2 Å². The zero-order valence-electron chi connectivity index (χ0n) is 23.0. The number of nitrogens with zero attached hydrogens (tertiary/aromatic N) is 4. The van der Waals surface area contributed by atoms with E-state index in [9.17, 15) is 19.8 Å². The second kappa shape index (κ2) is 11.7. The predicted molar refractivity (Wildman–Crippen MR) is 161 cm³/mol. The Morgan fingerprint density at radius 3 is 1.31 bits per heavy atom. The van der Waals surface area contributed by atoms with Crippen LogP contribution in [0, 0.1) is 0 Å². The number of carboxylic acid groups (broad SMARTS) is 2. The van der Waals surface area contributed by atoms with E-state index in [2.05, 4.69) is 21.3 Å². The second-order valence-electron chi connectivity index (χ2n) is 10.4. The van der Waals surface area contributed by atoms with Gasteiger partial charge in [-0.2, -0.15) is 0 Å². The Balaban J connectivity index is 1.18. The molecule has 4 aromatic carbocycles. The normalized spacial score (nSPS) is 11.3. The van der Waals surface area contributed by atoms with E-state index in [1.165, 1.54) is 0 Å². The van der Waals surface area contributed by atoms with Gasteiger partial charge in [-0.25, -0.2) is 19.6 Å². The maximum absolute atomic E-state index is 11.3. The van der Waals surface area contributed by atoms with Gasteiger partial charge < -0.3 is 19.3 Å². The molecule has 6 rings (SSSR count). The molecule has 0 atom stereocenters. The summed E-state index contributed by atoms with van der Waals surface area (Å²) >= 11 is 0. The van der Waals surface area contributed by atoms with Crippen LogP contribution in [0.2, 0.25) is 0 Å². The van der Waals surface area contributed by atoms with Crippen molar-refractivity contribution in [3.8, 4) is 0 Å². The Bertz CT molecular complexity index is 1750. The second-order valence-corrected chi connectivity index (χ2v) is 10.4. The number of unbranched alkanes of at least 4 members (excludes halogenated alkanes) is 1. The van der Waals surface area contributed by atoms with Crippen LogP contribution in [-0.4, -0.2) is 41.3 Å². The van der Waals surface area contributed by atoms with Crippen molar-refractivity contribution in [2.75, 3.05) is 0 Å². The monoisotopic (exact) mass is 558 g/mol. The van der Waals surface area contributed by atoms with Crippen LogP contribution in [0.3, 0.4) is 0 Å². The van der Waals surface area contributed by atoms with Gasteiger partial charge in [0.15, 0.2) is 0 Å². The number of rotatable bonds is 11. The number of aromatic nitrogens is 4. The number of para-hydroxylation sites is 4. The fraction of sp³-hybridized carbons (Fsp3) is 0.176. The molecule has 6 aromatic rings. The first kappa shape index (κ1) is 27.0. The number of aryl methyl sites for hydroxylation is 2. The van der Waals surface area contributed by atoms with Crippen LogP contribution < -0.4 is 0 Å². The van der Waals surface area contributed by atoms with Crippen molar-refractivity contribution in [2.24, 2.45) is 0 Å². The van der Waals surface area contributed by atoms with Crippen molar-refractivity contribution in [3.05, 3.63) is 131 Å². The SMILES string of the molecule is O=C(O)c1ccc(Cn2c(CCCCc3nc4ccccc4n3Cc3ccc(C(=O)O)cc3)nc3ccccc32)cc1. The van der Waals surface area contributed by atoms with Gasteiger partial charge >= 0.3 is 11.9 Å². The number of fused-ring (bicyclic) bond motifs is 2. The van der Waals surface area contributed by atoms with Gasteiger partial charge in [-0.3, -0.25) is 0 Å². The lowest BCUT2D eigenvalue weighted by atomic mass is 10.1. The van der Waals surface area contributed by atoms with Gasteiger partial charge in [-0.15, -0.1) is 0 Å². The first-order chi connectivity index (χ1) is 20.5. The highest BCUT2D eigenvalue weighted by molar-refractivity contribution is 5.88. The highest BCUT2D eigenvalue weighted by atomic mass is 16.4. The zero-order valence-corrected chi connectivity index (χ0v) is 23.0. The molecule has 0 aliphatic rings. The maximum Gasteiger partial charge on any atom is 0.335 e. The highest BCUT2D eigenvalue weighted by Gasteiger charge is 2.14. The Morgan fingerprint density at radius 2 is 0.929 bits per heavy atom. The fourth-order valence-corrected chi connectivity index (χ4v) is 5.42. The fourth-order valence-electron chi connectivity index (χ4n) is 5.42. The first-order valence-corrected chi connectivity index (χ1v) is 14.0. The molecule has 8 nitrogen and oxygen atoms in total. The standard InChI is InChI=1S/C34H30N4O4/c39-33(40)25-17-13-23(14-18-25)21-37-29-9-3-1-7-27(29)35-31(37)11-5-6-12-32-36-28-8-2-4-10-30(28)38(32)22-24-15-19-26(20-16-24)34(41)42/h1-4,7-10,13-20H,5-6,11-12,21-22H2,(H,39,40)(H,41,42). The van der Waals surface area contributed by atoms with Crippen LogP contribution in [0.1, 0.15) is 56.3 Å². The van der Waals surface area contributed by atoms with E-state index in [1.807, 2.05) is 60.7 Å². The molecule has 210 valence electrons. The molecule has 8 heteroatoms. The molecule has 0 saturated heterocycles. The van der Waals surface area contributed by atoms with Crippen molar-refractivity contribution >= 4 is 34.0 Å². The number of carbonyl (C=O) groups is 2. The van der Waals surface area contributed by atoms with Gasteiger partial charge in [-0.1, -0.05) is 48.5 Å². The molecular formula is C34H30N4O4. The van der Waals surface area contributed by atoms with E-state index < -0.39 is 11.9 Å². The number of imidazole rings is 2. The molecule has 0 radical (unpaired) electrons. The van der Waals surface area contributed by atoms with Crippen molar-refractivity contribution < 1.29 is 19.8 Å². The van der Waals surface area contributed by atoms with E-state index in [-0.39, 0.29) is 11.1 Å². The molecule has 0 amide bonds. The Hall–Kier alpha value is -5.24. The molecule has 42 heavy (non-hydrogen) atoms. The summed E-state index contributed by atoms with van der Waals surface area (Å²) in [5.74, 6) is 0.149. The lowest BCUT2D eigenvalue weighted by molar-refractivity contribution is 0.0686. The predicted octanol–water partition coefficient (Wildman–Crippen LogP) is 6.44. The van der Waals surface area contributed by atoms with Crippen LogP contribution >= 0.6 is 0 Å². The number of carboxylic acids is 2. The van der Waals surface area contributed by atoms with Crippen LogP contribution in [0.5, 0.6) is 0 Å².